The molecule has 3 heteroatoms. The van der Waals surface area contributed by atoms with Gasteiger partial charge in [0.1, 0.15) is 0 Å². The highest BCUT2D eigenvalue weighted by molar-refractivity contribution is 5.81. The van der Waals surface area contributed by atoms with E-state index in [1.54, 1.807) is 0 Å². The smallest absolute Gasteiger partial charge is 0.330 e. The molecule has 0 unspecified atom stereocenters. The predicted molar refractivity (Wildman–Crippen MR) is 83.6 cm³/mol. The van der Waals surface area contributed by atoms with Crippen molar-refractivity contribution in [2.24, 2.45) is 0 Å². The number of ether oxygens (including phenoxy) is 1. The minimum atomic E-state index is -0.260. The Kier molecular flexibility index (Phi) is 15.6. The molecule has 0 fully saturated rings. The van der Waals surface area contributed by atoms with E-state index in [2.05, 4.69) is 4.74 Å². The number of rotatable bonds is 14. The summed E-state index contributed by atoms with van der Waals surface area (Å²) in [5.41, 5.74) is 0. The van der Waals surface area contributed by atoms with Gasteiger partial charge in [-0.3, -0.25) is 0 Å². The molecule has 0 aromatic rings. The van der Waals surface area contributed by atoms with E-state index >= 15 is 0 Å². The van der Waals surface area contributed by atoms with Crippen LogP contribution in [-0.2, 0) is 9.53 Å². The van der Waals surface area contributed by atoms with Gasteiger partial charge in [-0.2, -0.15) is 0 Å². The summed E-state index contributed by atoms with van der Waals surface area (Å²) in [6.07, 6.45) is 18.2. The van der Waals surface area contributed by atoms with Crippen molar-refractivity contribution in [3.05, 3.63) is 12.2 Å². The number of hydrogen-bond donors (Lipinski definition) is 1. The Hall–Kier alpha value is -0.830. The first kappa shape index (κ1) is 19.2. The topological polar surface area (TPSA) is 46.5 Å². The number of methoxy groups -OCH3 is 1. The molecule has 0 aromatic carbocycles. The van der Waals surface area contributed by atoms with Crippen molar-refractivity contribution in [1.82, 2.24) is 0 Å². The van der Waals surface area contributed by atoms with Crippen LogP contribution in [0.25, 0.3) is 0 Å². The number of hydrogen-bond acceptors (Lipinski definition) is 3. The van der Waals surface area contributed by atoms with Crippen LogP contribution in [0, 0.1) is 0 Å². The molecular weight excluding hydrogens is 252 g/mol. The van der Waals surface area contributed by atoms with Gasteiger partial charge >= 0.3 is 5.97 Å². The predicted octanol–water partition coefficient (Wildman–Crippen LogP) is 4.39. The molecule has 118 valence electrons. The highest BCUT2D eigenvalue weighted by Crippen LogP contribution is 2.11. The third-order valence-corrected chi connectivity index (χ3v) is 3.48. The molecule has 0 saturated heterocycles. The first-order valence-corrected chi connectivity index (χ1v) is 8.16. The van der Waals surface area contributed by atoms with Crippen molar-refractivity contribution in [2.45, 2.75) is 77.0 Å². The lowest BCUT2D eigenvalue weighted by Gasteiger charge is -2.02. The summed E-state index contributed by atoms with van der Waals surface area (Å²) in [6, 6.07) is 0. The molecule has 0 aromatic heterocycles. The molecule has 0 aliphatic heterocycles. The molecule has 0 spiro atoms. The molecule has 0 bridgehead atoms. The van der Waals surface area contributed by atoms with Crippen LogP contribution in [-0.4, -0.2) is 24.8 Å². The third kappa shape index (κ3) is 15.2. The second kappa shape index (κ2) is 16.2. The van der Waals surface area contributed by atoms with E-state index in [-0.39, 0.29) is 5.97 Å². The SMILES string of the molecule is COC(=O)/C=C/CCCCCCCCCCCCCO. The fourth-order valence-corrected chi connectivity index (χ4v) is 2.21. The Morgan fingerprint density at radius 1 is 0.850 bits per heavy atom. The molecule has 0 rings (SSSR count). The van der Waals surface area contributed by atoms with E-state index in [1.165, 1.54) is 71.0 Å². The average Bonchev–Trinajstić information content (AvgIpc) is 2.47. The van der Waals surface area contributed by atoms with E-state index < -0.39 is 0 Å². The van der Waals surface area contributed by atoms with Gasteiger partial charge in [-0.15, -0.1) is 0 Å². The fraction of sp³-hybridized carbons (Fsp3) is 0.824. The molecule has 3 nitrogen and oxygen atoms in total. The van der Waals surface area contributed by atoms with E-state index in [1.807, 2.05) is 6.08 Å². The number of unbranched alkanes of at least 4 members (excludes halogenated alkanes) is 11. The Morgan fingerprint density at radius 2 is 1.30 bits per heavy atom. The largest absolute Gasteiger partial charge is 0.466 e. The number of aliphatic hydroxyl groups excluding tert-OH is 1. The van der Waals surface area contributed by atoms with Gasteiger partial charge in [0, 0.05) is 12.7 Å². The summed E-state index contributed by atoms with van der Waals surface area (Å²) >= 11 is 0. The highest BCUT2D eigenvalue weighted by atomic mass is 16.5. The Morgan fingerprint density at radius 3 is 1.75 bits per heavy atom. The van der Waals surface area contributed by atoms with Gasteiger partial charge in [-0.25, -0.2) is 4.79 Å². The number of esters is 1. The molecule has 0 aliphatic carbocycles. The Bertz CT molecular complexity index is 236. The maximum Gasteiger partial charge on any atom is 0.330 e. The molecule has 1 N–H and O–H groups in total. The van der Waals surface area contributed by atoms with Crippen LogP contribution in [0.1, 0.15) is 77.0 Å². The van der Waals surface area contributed by atoms with Crippen molar-refractivity contribution >= 4 is 5.97 Å². The summed E-state index contributed by atoms with van der Waals surface area (Å²) < 4.78 is 4.53. The minimum Gasteiger partial charge on any atom is -0.466 e. The van der Waals surface area contributed by atoms with Gasteiger partial charge in [0.05, 0.1) is 7.11 Å². The number of aliphatic hydroxyl groups is 1. The lowest BCUT2D eigenvalue weighted by molar-refractivity contribution is -0.134. The Labute approximate surface area is 124 Å². The zero-order valence-electron chi connectivity index (χ0n) is 13.1. The first-order valence-electron chi connectivity index (χ1n) is 8.16. The van der Waals surface area contributed by atoms with Gasteiger partial charge in [-0.1, -0.05) is 63.9 Å². The van der Waals surface area contributed by atoms with Crippen molar-refractivity contribution in [2.75, 3.05) is 13.7 Å². The van der Waals surface area contributed by atoms with Gasteiger partial charge < -0.3 is 9.84 Å². The quantitative estimate of drug-likeness (QED) is 0.292. The first-order chi connectivity index (χ1) is 9.81. The van der Waals surface area contributed by atoms with E-state index in [0.717, 1.165) is 19.3 Å². The lowest BCUT2D eigenvalue weighted by Crippen LogP contribution is -1.93. The standard InChI is InChI=1S/C17H32O3/c1-20-17(19)15-13-11-9-7-5-3-2-4-6-8-10-12-14-16-18/h13,15,18H,2-12,14,16H2,1H3/b15-13+. The summed E-state index contributed by atoms with van der Waals surface area (Å²) in [4.78, 5) is 10.8. The molecule has 0 saturated carbocycles. The zero-order chi connectivity index (χ0) is 14.9. The van der Waals surface area contributed by atoms with E-state index in [9.17, 15) is 4.79 Å². The number of carbonyl (C=O) groups excluding carboxylic acids is 1. The van der Waals surface area contributed by atoms with Crippen molar-refractivity contribution in [3.63, 3.8) is 0 Å². The lowest BCUT2D eigenvalue weighted by atomic mass is 10.1. The second-order valence-electron chi connectivity index (χ2n) is 5.33. The second-order valence-corrected chi connectivity index (χ2v) is 5.33. The summed E-state index contributed by atoms with van der Waals surface area (Å²) in [6.45, 7) is 0.342. The molecule has 0 heterocycles. The summed E-state index contributed by atoms with van der Waals surface area (Å²) in [5.74, 6) is -0.260. The van der Waals surface area contributed by atoms with E-state index in [0.29, 0.717) is 6.61 Å². The minimum absolute atomic E-state index is 0.260. The molecule has 20 heavy (non-hydrogen) atoms. The van der Waals surface area contributed by atoms with Gasteiger partial charge in [0.25, 0.3) is 0 Å². The van der Waals surface area contributed by atoms with Crippen LogP contribution in [0.5, 0.6) is 0 Å². The van der Waals surface area contributed by atoms with Crippen LogP contribution >= 0.6 is 0 Å². The van der Waals surface area contributed by atoms with Gasteiger partial charge in [0.15, 0.2) is 0 Å². The third-order valence-electron chi connectivity index (χ3n) is 3.48. The van der Waals surface area contributed by atoms with Crippen LogP contribution in [0.15, 0.2) is 12.2 Å². The van der Waals surface area contributed by atoms with Gasteiger partial charge in [0.2, 0.25) is 0 Å². The molecule has 0 radical (unpaired) electrons. The normalized spacial score (nSPS) is 11.1. The fourth-order valence-electron chi connectivity index (χ4n) is 2.21. The van der Waals surface area contributed by atoms with Crippen LogP contribution in [0.4, 0.5) is 0 Å². The molecular formula is C17H32O3. The zero-order valence-corrected chi connectivity index (χ0v) is 13.1. The number of carbonyl (C=O) groups is 1. The molecule has 0 atom stereocenters. The van der Waals surface area contributed by atoms with E-state index in [4.69, 9.17) is 5.11 Å². The summed E-state index contributed by atoms with van der Waals surface area (Å²) in [7, 11) is 1.40. The molecule has 0 aliphatic rings. The Balaban J connectivity index is 3.06. The monoisotopic (exact) mass is 284 g/mol. The maximum absolute atomic E-state index is 10.8. The van der Waals surface area contributed by atoms with Crippen LogP contribution in [0.3, 0.4) is 0 Å². The highest BCUT2D eigenvalue weighted by Gasteiger charge is 1.93. The maximum atomic E-state index is 10.8. The molecule has 0 amide bonds. The van der Waals surface area contributed by atoms with Crippen molar-refractivity contribution in [3.8, 4) is 0 Å². The van der Waals surface area contributed by atoms with Crippen molar-refractivity contribution < 1.29 is 14.6 Å². The summed E-state index contributed by atoms with van der Waals surface area (Å²) in [5, 5.41) is 8.66. The van der Waals surface area contributed by atoms with Crippen LogP contribution in [0.2, 0.25) is 0 Å². The van der Waals surface area contributed by atoms with Crippen LogP contribution < -0.4 is 0 Å². The average molecular weight is 284 g/mol. The van der Waals surface area contributed by atoms with Gasteiger partial charge in [-0.05, 0) is 19.3 Å². The van der Waals surface area contributed by atoms with Crippen molar-refractivity contribution in [1.29, 1.82) is 0 Å². The number of allylic oxidation sites excluding steroid dienone is 1.